The van der Waals surface area contributed by atoms with Crippen LogP contribution < -0.4 is 5.73 Å². The molecule has 4 nitrogen and oxygen atoms in total. The SMILES string of the molecule is NC(=O)CCn1cc2c(c1)C(O)CCC2. The van der Waals surface area contributed by atoms with Crippen LogP contribution in [0, 0.1) is 0 Å². The summed E-state index contributed by atoms with van der Waals surface area (Å²) in [6.07, 6.45) is 6.87. The fourth-order valence-electron chi connectivity index (χ4n) is 2.09. The second-order valence-electron chi connectivity index (χ2n) is 4.10. The molecule has 0 saturated heterocycles. The molecule has 0 saturated carbocycles. The number of hydrogen-bond donors (Lipinski definition) is 2. The fraction of sp³-hybridized carbons (Fsp3) is 0.545. The summed E-state index contributed by atoms with van der Waals surface area (Å²) in [6, 6.07) is 0. The number of rotatable bonds is 3. The first kappa shape index (κ1) is 10.2. The molecule has 4 heteroatoms. The van der Waals surface area contributed by atoms with Gasteiger partial charge in [0.2, 0.25) is 5.91 Å². The lowest BCUT2D eigenvalue weighted by atomic mass is 9.93. The lowest BCUT2D eigenvalue weighted by Crippen LogP contribution is -2.13. The molecule has 0 aromatic carbocycles. The van der Waals surface area contributed by atoms with Gasteiger partial charge < -0.3 is 15.4 Å². The summed E-state index contributed by atoms with van der Waals surface area (Å²) in [5.74, 6) is -0.290. The highest BCUT2D eigenvalue weighted by Gasteiger charge is 2.19. The minimum absolute atomic E-state index is 0.290. The van der Waals surface area contributed by atoms with E-state index < -0.39 is 0 Å². The molecule has 82 valence electrons. The maximum Gasteiger partial charge on any atom is 0.219 e. The summed E-state index contributed by atoms with van der Waals surface area (Å²) >= 11 is 0. The Balaban J connectivity index is 2.11. The van der Waals surface area contributed by atoms with Crippen molar-refractivity contribution >= 4 is 5.91 Å². The van der Waals surface area contributed by atoms with E-state index in [4.69, 9.17) is 5.73 Å². The molecule has 2 rings (SSSR count). The molecule has 0 radical (unpaired) electrons. The van der Waals surface area contributed by atoms with E-state index in [1.807, 2.05) is 17.0 Å². The molecule has 1 aliphatic carbocycles. The van der Waals surface area contributed by atoms with Crippen LogP contribution >= 0.6 is 0 Å². The van der Waals surface area contributed by atoms with Crippen molar-refractivity contribution < 1.29 is 9.90 Å². The summed E-state index contributed by atoms with van der Waals surface area (Å²) in [5.41, 5.74) is 7.31. The van der Waals surface area contributed by atoms with Crippen LogP contribution in [0.1, 0.15) is 36.5 Å². The van der Waals surface area contributed by atoms with E-state index in [2.05, 4.69) is 0 Å². The minimum Gasteiger partial charge on any atom is -0.388 e. The van der Waals surface area contributed by atoms with Gasteiger partial charge >= 0.3 is 0 Å². The molecule has 0 spiro atoms. The van der Waals surface area contributed by atoms with Gasteiger partial charge in [0, 0.05) is 30.9 Å². The zero-order valence-corrected chi connectivity index (χ0v) is 8.65. The number of carbonyl (C=O) groups is 1. The standard InChI is InChI=1S/C11H16N2O2/c12-11(15)4-5-13-6-8-2-1-3-10(14)9(8)7-13/h6-7,10,14H,1-5H2,(H2,12,15). The summed E-state index contributed by atoms with van der Waals surface area (Å²) < 4.78 is 1.95. The molecular formula is C11H16N2O2. The van der Waals surface area contributed by atoms with Gasteiger partial charge in [-0.3, -0.25) is 4.79 Å². The number of carbonyl (C=O) groups excluding carboxylic acids is 1. The molecule has 1 amide bonds. The smallest absolute Gasteiger partial charge is 0.219 e. The van der Waals surface area contributed by atoms with Crippen molar-refractivity contribution in [2.75, 3.05) is 0 Å². The van der Waals surface area contributed by atoms with E-state index in [1.54, 1.807) is 0 Å². The third-order valence-electron chi connectivity index (χ3n) is 2.90. The molecule has 0 bridgehead atoms. The number of aliphatic hydroxyl groups excluding tert-OH is 1. The second-order valence-corrected chi connectivity index (χ2v) is 4.10. The maximum absolute atomic E-state index is 10.6. The van der Waals surface area contributed by atoms with Crippen LogP contribution in [0.5, 0.6) is 0 Å². The lowest BCUT2D eigenvalue weighted by molar-refractivity contribution is -0.118. The topological polar surface area (TPSA) is 68.2 Å². The molecule has 1 aromatic rings. The highest BCUT2D eigenvalue weighted by molar-refractivity contribution is 5.73. The van der Waals surface area contributed by atoms with Crippen molar-refractivity contribution in [3.05, 3.63) is 23.5 Å². The molecule has 15 heavy (non-hydrogen) atoms. The van der Waals surface area contributed by atoms with Crippen LogP contribution in [-0.4, -0.2) is 15.6 Å². The van der Waals surface area contributed by atoms with Gasteiger partial charge in [-0.2, -0.15) is 0 Å². The van der Waals surface area contributed by atoms with E-state index in [1.165, 1.54) is 5.56 Å². The number of fused-ring (bicyclic) bond motifs is 1. The molecule has 1 aliphatic rings. The number of hydrogen-bond acceptors (Lipinski definition) is 2. The summed E-state index contributed by atoms with van der Waals surface area (Å²) in [4.78, 5) is 10.6. The normalized spacial score (nSPS) is 19.9. The van der Waals surface area contributed by atoms with Gasteiger partial charge in [0.1, 0.15) is 0 Å². The average molecular weight is 208 g/mol. The van der Waals surface area contributed by atoms with E-state index >= 15 is 0 Å². The van der Waals surface area contributed by atoms with Gasteiger partial charge in [0.25, 0.3) is 0 Å². The second kappa shape index (κ2) is 4.06. The van der Waals surface area contributed by atoms with Crippen molar-refractivity contribution in [3.63, 3.8) is 0 Å². The Kier molecular flexibility index (Phi) is 2.77. The largest absolute Gasteiger partial charge is 0.388 e. The third kappa shape index (κ3) is 2.21. The number of nitrogens with zero attached hydrogens (tertiary/aromatic N) is 1. The van der Waals surface area contributed by atoms with Crippen molar-refractivity contribution in [1.82, 2.24) is 4.57 Å². The van der Waals surface area contributed by atoms with Gasteiger partial charge in [-0.15, -0.1) is 0 Å². The van der Waals surface area contributed by atoms with Crippen molar-refractivity contribution in [3.8, 4) is 0 Å². The first-order valence-corrected chi connectivity index (χ1v) is 5.32. The Morgan fingerprint density at radius 1 is 1.60 bits per heavy atom. The van der Waals surface area contributed by atoms with Crippen LogP contribution in [-0.2, 0) is 17.8 Å². The average Bonchev–Trinajstić information content (AvgIpc) is 2.59. The van der Waals surface area contributed by atoms with Crippen LogP contribution in [0.15, 0.2) is 12.4 Å². The predicted octanol–water partition coefficient (Wildman–Crippen LogP) is 0.733. The number of primary amides is 1. The Labute approximate surface area is 88.7 Å². The molecule has 3 N–H and O–H groups in total. The van der Waals surface area contributed by atoms with Gasteiger partial charge in [0.05, 0.1) is 6.10 Å². The Morgan fingerprint density at radius 2 is 2.40 bits per heavy atom. The molecule has 0 aliphatic heterocycles. The highest BCUT2D eigenvalue weighted by Crippen LogP contribution is 2.30. The third-order valence-corrected chi connectivity index (χ3v) is 2.90. The first-order valence-electron chi connectivity index (χ1n) is 5.32. The van der Waals surface area contributed by atoms with Gasteiger partial charge in [0.15, 0.2) is 0 Å². The molecule has 0 fully saturated rings. The summed E-state index contributed by atoms with van der Waals surface area (Å²) in [6.45, 7) is 0.606. The molecular weight excluding hydrogens is 192 g/mol. The lowest BCUT2D eigenvalue weighted by Gasteiger charge is -2.16. The number of aromatic nitrogens is 1. The van der Waals surface area contributed by atoms with Crippen molar-refractivity contribution in [1.29, 1.82) is 0 Å². The molecule has 1 atom stereocenters. The summed E-state index contributed by atoms with van der Waals surface area (Å²) in [5, 5.41) is 9.75. The van der Waals surface area contributed by atoms with E-state index in [0.717, 1.165) is 24.8 Å². The van der Waals surface area contributed by atoms with E-state index in [-0.39, 0.29) is 12.0 Å². The van der Waals surface area contributed by atoms with Crippen LogP contribution in [0.4, 0.5) is 0 Å². The maximum atomic E-state index is 10.6. The first-order chi connectivity index (χ1) is 7.16. The van der Waals surface area contributed by atoms with Gasteiger partial charge in [-0.25, -0.2) is 0 Å². The Morgan fingerprint density at radius 3 is 3.07 bits per heavy atom. The Hall–Kier alpha value is -1.29. The number of aliphatic hydroxyl groups is 1. The Bertz CT molecular complexity index is 371. The van der Waals surface area contributed by atoms with E-state index in [0.29, 0.717) is 13.0 Å². The molecule has 1 unspecified atom stereocenters. The van der Waals surface area contributed by atoms with Crippen LogP contribution in [0.2, 0.25) is 0 Å². The number of nitrogens with two attached hydrogens (primary N) is 1. The zero-order valence-electron chi connectivity index (χ0n) is 8.65. The monoisotopic (exact) mass is 208 g/mol. The highest BCUT2D eigenvalue weighted by atomic mass is 16.3. The van der Waals surface area contributed by atoms with Crippen LogP contribution in [0.3, 0.4) is 0 Å². The van der Waals surface area contributed by atoms with Gasteiger partial charge in [-0.1, -0.05) is 0 Å². The quantitative estimate of drug-likeness (QED) is 0.769. The van der Waals surface area contributed by atoms with Crippen LogP contribution in [0.25, 0.3) is 0 Å². The van der Waals surface area contributed by atoms with Crippen molar-refractivity contribution in [2.45, 2.75) is 38.3 Å². The number of aryl methyl sites for hydroxylation is 2. The van der Waals surface area contributed by atoms with Gasteiger partial charge in [-0.05, 0) is 24.8 Å². The predicted molar refractivity (Wildman–Crippen MR) is 56.1 cm³/mol. The number of amides is 1. The summed E-state index contributed by atoms with van der Waals surface area (Å²) in [7, 11) is 0. The zero-order chi connectivity index (χ0) is 10.8. The molecule has 1 heterocycles. The molecule has 1 aromatic heterocycles. The van der Waals surface area contributed by atoms with Crippen molar-refractivity contribution in [2.24, 2.45) is 5.73 Å². The van der Waals surface area contributed by atoms with E-state index in [9.17, 15) is 9.90 Å². The minimum atomic E-state index is -0.330. The fourth-order valence-corrected chi connectivity index (χ4v) is 2.09.